The molecule has 1 aliphatic rings. The SMILES string of the molecule is CCCC1COC(c2cc(F)c(C#Cc3ccc(CC)cc3)c(F)c2)OC1. The van der Waals surface area contributed by atoms with Crippen LogP contribution in [0.5, 0.6) is 0 Å². The Morgan fingerprint density at radius 1 is 0.963 bits per heavy atom. The average molecular weight is 370 g/mol. The van der Waals surface area contributed by atoms with E-state index in [1.165, 1.54) is 17.7 Å². The lowest BCUT2D eigenvalue weighted by Crippen LogP contribution is -2.27. The highest BCUT2D eigenvalue weighted by molar-refractivity contribution is 5.45. The van der Waals surface area contributed by atoms with Crippen molar-refractivity contribution in [2.24, 2.45) is 5.92 Å². The third kappa shape index (κ3) is 4.94. The number of ether oxygens (including phenoxy) is 2. The number of halogens is 2. The summed E-state index contributed by atoms with van der Waals surface area (Å²) in [6, 6.07) is 10.1. The summed E-state index contributed by atoms with van der Waals surface area (Å²) in [6.45, 7) is 5.25. The minimum atomic E-state index is -0.731. The summed E-state index contributed by atoms with van der Waals surface area (Å²) >= 11 is 0. The summed E-state index contributed by atoms with van der Waals surface area (Å²) in [5.41, 5.74) is 2.02. The molecule has 0 saturated carbocycles. The molecule has 27 heavy (non-hydrogen) atoms. The second-order valence-electron chi connectivity index (χ2n) is 6.81. The van der Waals surface area contributed by atoms with Crippen LogP contribution in [0.25, 0.3) is 0 Å². The Balaban J connectivity index is 1.75. The van der Waals surface area contributed by atoms with E-state index in [0.717, 1.165) is 24.8 Å². The van der Waals surface area contributed by atoms with Gasteiger partial charge in [0.2, 0.25) is 0 Å². The van der Waals surface area contributed by atoms with Gasteiger partial charge in [-0.15, -0.1) is 0 Å². The number of hydrogen-bond donors (Lipinski definition) is 0. The van der Waals surface area contributed by atoms with Crippen molar-refractivity contribution in [1.82, 2.24) is 0 Å². The average Bonchev–Trinajstić information content (AvgIpc) is 2.68. The summed E-state index contributed by atoms with van der Waals surface area (Å²) in [4.78, 5) is 0. The fraction of sp³-hybridized carbons (Fsp3) is 0.391. The molecule has 0 radical (unpaired) electrons. The minimum Gasteiger partial charge on any atom is -0.348 e. The summed E-state index contributed by atoms with van der Waals surface area (Å²) in [5.74, 6) is 4.36. The van der Waals surface area contributed by atoms with E-state index >= 15 is 0 Å². The lowest BCUT2D eigenvalue weighted by Gasteiger charge is -2.29. The number of aryl methyl sites for hydroxylation is 1. The summed E-state index contributed by atoms with van der Waals surface area (Å²) in [7, 11) is 0. The van der Waals surface area contributed by atoms with Gasteiger partial charge in [-0.2, -0.15) is 0 Å². The van der Waals surface area contributed by atoms with E-state index in [0.29, 0.717) is 24.7 Å². The molecule has 4 heteroatoms. The van der Waals surface area contributed by atoms with Gasteiger partial charge >= 0.3 is 0 Å². The van der Waals surface area contributed by atoms with Crippen LogP contribution in [0.2, 0.25) is 0 Å². The second-order valence-corrected chi connectivity index (χ2v) is 6.81. The lowest BCUT2D eigenvalue weighted by atomic mass is 10.0. The van der Waals surface area contributed by atoms with Gasteiger partial charge in [0, 0.05) is 17.0 Å². The van der Waals surface area contributed by atoms with E-state index < -0.39 is 17.9 Å². The monoisotopic (exact) mass is 370 g/mol. The van der Waals surface area contributed by atoms with Crippen molar-refractivity contribution in [3.8, 4) is 11.8 Å². The molecule has 0 N–H and O–H groups in total. The molecule has 0 bridgehead atoms. The molecule has 0 amide bonds. The molecular formula is C23H24F2O2. The zero-order chi connectivity index (χ0) is 19.2. The van der Waals surface area contributed by atoms with Gasteiger partial charge in [0.1, 0.15) is 11.6 Å². The number of rotatable bonds is 4. The van der Waals surface area contributed by atoms with Crippen LogP contribution < -0.4 is 0 Å². The van der Waals surface area contributed by atoms with Gasteiger partial charge in [-0.05, 0) is 42.7 Å². The van der Waals surface area contributed by atoms with Gasteiger partial charge in [-0.1, -0.05) is 44.2 Å². The Bertz CT molecular complexity index is 803. The molecule has 2 nitrogen and oxygen atoms in total. The first-order valence-electron chi connectivity index (χ1n) is 9.43. The zero-order valence-electron chi connectivity index (χ0n) is 15.7. The van der Waals surface area contributed by atoms with Crippen LogP contribution in [-0.4, -0.2) is 13.2 Å². The van der Waals surface area contributed by atoms with E-state index in [9.17, 15) is 8.78 Å². The summed E-state index contributed by atoms with van der Waals surface area (Å²) < 4.78 is 40.1. The van der Waals surface area contributed by atoms with Crippen LogP contribution in [-0.2, 0) is 15.9 Å². The quantitative estimate of drug-likeness (QED) is 0.672. The van der Waals surface area contributed by atoms with E-state index in [2.05, 4.69) is 25.7 Å². The van der Waals surface area contributed by atoms with Crippen molar-refractivity contribution in [2.45, 2.75) is 39.4 Å². The second kappa shape index (κ2) is 9.12. The molecule has 3 rings (SSSR count). The fourth-order valence-corrected chi connectivity index (χ4v) is 3.12. The van der Waals surface area contributed by atoms with Crippen molar-refractivity contribution < 1.29 is 18.3 Å². The van der Waals surface area contributed by atoms with Gasteiger partial charge in [0.15, 0.2) is 6.29 Å². The third-order valence-electron chi connectivity index (χ3n) is 4.69. The Hall–Kier alpha value is -2.22. The smallest absolute Gasteiger partial charge is 0.184 e. The minimum absolute atomic E-state index is 0.238. The van der Waals surface area contributed by atoms with Crippen molar-refractivity contribution in [2.75, 3.05) is 13.2 Å². The van der Waals surface area contributed by atoms with E-state index in [-0.39, 0.29) is 5.56 Å². The van der Waals surface area contributed by atoms with Gasteiger partial charge in [-0.3, -0.25) is 0 Å². The first-order chi connectivity index (χ1) is 13.1. The van der Waals surface area contributed by atoms with Crippen LogP contribution in [0.4, 0.5) is 8.78 Å². The fourth-order valence-electron chi connectivity index (χ4n) is 3.12. The maximum atomic E-state index is 14.4. The first-order valence-corrected chi connectivity index (χ1v) is 9.43. The summed E-state index contributed by atoms with van der Waals surface area (Å²) in [5, 5.41) is 0. The van der Waals surface area contributed by atoms with E-state index in [4.69, 9.17) is 9.47 Å². The molecule has 0 spiro atoms. The Morgan fingerprint density at radius 2 is 1.59 bits per heavy atom. The normalized spacial score (nSPS) is 19.4. The third-order valence-corrected chi connectivity index (χ3v) is 4.69. The van der Waals surface area contributed by atoms with Crippen LogP contribution >= 0.6 is 0 Å². The molecule has 2 aromatic rings. The number of hydrogen-bond acceptors (Lipinski definition) is 2. The van der Waals surface area contributed by atoms with Crippen molar-refractivity contribution in [3.63, 3.8) is 0 Å². The highest BCUT2D eigenvalue weighted by atomic mass is 19.1. The molecule has 0 aromatic heterocycles. The predicted molar refractivity (Wildman–Crippen MR) is 101 cm³/mol. The van der Waals surface area contributed by atoms with Gasteiger partial charge in [-0.25, -0.2) is 8.78 Å². The zero-order valence-corrected chi connectivity index (χ0v) is 15.7. The van der Waals surface area contributed by atoms with E-state index in [1.807, 2.05) is 24.3 Å². The van der Waals surface area contributed by atoms with Crippen LogP contribution in [0, 0.1) is 29.4 Å². The molecule has 1 saturated heterocycles. The Morgan fingerprint density at radius 3 is 2.15 bits per heavy atom. The molecular weight excluding hydrogens is 346 g/mol. The molecule has 1 heterocycles. The molecule has 2 aromatic carbocycles. The molecule has 0 unspecified atom stereocenters. The topological polar surface area (TPSA) is 18.5 Å². The van der Waals surface area contributed by atoms with Crippen molar-refractivity contribution in [3.05, 3.63) is 70.3 Å². The molecule has 1 fully saturated rings. The van der Waals surface area contributed by atoms with Crippen LogP contribution in [0.3, 0.4) is 0 Å². The summed E-state index contributed by atoms with van der Waals surface area (Å²) in [6.07, 6.45) is 2.28. The molecule has 0 atom stereocenters. The highest BCUT2D eigenvalue weighted by Crippen LogP contribution is 2.29. The first kappa shape index (κ1) is 19.5. The van der Waals surface area contributed by atoms with Crippen LogP contribution in [0.15, 0.2) is 36.4 Å². The largest absolute Gasteiger partial charge is 0.348 e. The lowest BCUT2D eigenvalue weighted by molar-refractivity contribution is -0.206. The maximum Gasteiger partial charge on any atom is 0.184 e. The highest BCUT2D eigenvalue weighted by Gasteiger charge is 2.24. The van der Waals surface area contributed by atoms with Gasteiger partial charge in [0.25, 0.3) is 0 Å². The molecule has 142 valence electrons. The number of benzene rings is 2. The van der Waals surface area contributed by atoms with Crippen molar-refractivity contribution in [1.29, 1.82) is 0 Å². The predicted octanol–water partition coefficient (Wildman–Crippen LogP) is 5.39. The van der Waals surface area contributed by atoms with Crippen molar-refractivity contribution >= 4 is 0 Å². The Kier molecular flexibility index (Phi) is 6.60. The van der Waals surface area contributed by atoms with Gasteiger partial charge in [0.05, 0.1) is 18.8 Å². The molecule has 1 aliphatic heterocycles. The Labute approximate surface area is 159 Å². The van der Waals surface area contributed by atoms with E-state index in [1.54, 1.807) is 0 Å². The standard InChI is InChI=1S/C23H24F2O2/c1-3-5-18-14-26-23(27-15-18)19-12-21(24)20(22(25)13-19)11-10-17-8-6-16(4-2)7-9-17/h6-9,12-13,18,23H,3-5,14-15H2,1-2H3. The van der Waals surface area contributed by atoms with Gasteiger partial charge < -0.3 is 9.47 Å². The van der Waals surface area contributed by atoms with Crippen LogP contribution in [0.1, 0.15) is 55.2 Å². The molecule has 0 aliphatic carbocycles. The maximum absolute atomic E-state index is 14.4.